The SMILES string of the molecule is Cc1nn(CCCNS(=O)(=O)c2ccccc2[N+](=O)[O-])cc1Br. The number of hydrogen-bond donors (Lipinski definition) is 1. The molecule has 0 amide bonds. The summed E-state index contributed by atoms with van der Waals surface area (Å²) in [5, 5.41) is 15.2. The van der Waals surface area contributed by atoms with E-state index in [2.05, 4.69) is 25.8 Å². The van der Waals surface area contributed by atoms with Gasteiger partial charge in [0.25, 0.3) is 5.69 Å². The van der Waals surface area contributed by atoms with Crippen LogP contribution in [-0.4, -0.2) is 29.7 Å². The molecule has 0 atom stereocenters. The van der Waals surface area contributed by atoms with Crippen LogP contribution in [0.5, 0.6) is 0 Å². The summed E-state index contributed by atoms with van der Waals surface area (Å²) in [7, 11) is -3.92. The van der Waals surface area contributed by atoms with Gasteiger partial charge in [-0.25, -0.2) is 13.1 Å². The number of halogens is 1. The van der Waals surface area contributed by atoms with Crippen LogP contribution in [0.4, 0.5) is 5.69 Å². The molecule has 124 valence electrons. The number of nitrogens with zero attached hydrogens (tertiary/aromatic N) is 3. The minimum absolute atomic E-state index is 0.158. The number of nitro benzene ring substituents is 1. The molecule has 23 heavy (non-hydrogen) atoms. The van der Waals surface area contributed by atoms with Gasteiger partial charge in [0.15, 0.2) is 4.90 Å². The first kappa shape index (κ1) is 17.6. The third-order valence-electron chi connectivity index (χ3n) is 3.09. The van der Waals surface area contributed by atoms with Crippen LogP contribution in [-0.2, 0) is 16.6 Å². The third kappa shape index (κ3) is 4.36. The van der Waals surface area contributed by atoms with E-state index >= 15 is 0 Å². The van der Waals surface area contributed by atoms with Gasteiger partial charge in [-0.2, -0.15) is 5.10 Å². The van der Waals surface area contributed by atoms with Gasteiger partial charge < -0.3 is 0 Å². The lowest BCUT2D eigenvalue weighted by atomic mass is 10.3. The standard InChI is InChI=1S/C13H15BrN4O4S/c1-10-11(14)9-17(16-10)8-4-7-15-23(21,22)13-6-3-2-5-12(13)18(19)20/h2-3,5-6,9,15H,4,7-8H2,1H3. The van der Waals surface area contributed by atoms with Gasteiger partial charge in [-0.15, -0.1) is 0 Å². The Bertz CT molecular complexity index is 800. The van der Waals surface area contributed by atoms with E-state index in [1.807, 2.05) is 13.1 Å². The zero-order valence-electron chi connectivity index (χ0n) is 12.3. The fourth-order valence-electron chi connectivity index (χ4n) is 1.97. The van der Waals surface area contributed by atoms with Crippen LogP contribution in [0, 0.1) is 17.0 Å². The number of benzene rings is 1. The lowest BCUT2D eigenvalue weighted by Crippen LogP contribution is -2.26. The second-order valence-corrected chi connectivity index (χ2v) is 7.39. The van der Waals surface area contributed by atoms with Gasteiger partial charge in [0.2, 0.25) is 10.0 Å². The summed E-state index contributed by atoms with van der Waals surface area (Å²) in [5.74, 6) is 0. The molecule has 1 aromatic carbocycles. The van der Waals surface area contributed by atoms with Crippen LogP contribution in [0.25, 0.3) is 0 Å². The molecule has 0 fully saturated rings. The number of hydrogen-bond acceptors (Lipinski definition) is 5. The molecule has 0 aliphatic carbocycles. The Kier molecular flexibility index (Phi) is 5.50. The van der Waals surface area contributed by atoms with Gasteiger partial charge in [0.05, 0.1) is 15.1 Å². The highest BCUT2D eigenvalue weighted by molar-refractivity contribution is 9.10. The molecule has 0 saturated carbocycles. The molecule has 1 heterocycles. The number of para-hydroxylation sites is 1. The number of nitrogens with one attached hydrogen (secondary N) is 1. The van der Waals surface area contributed by atoms with Crippen LogP contribution in [0.1, 0.15) is 12.1 Å². The van der Waals surface area contributed by atoms with Crippen molar-refractivity contribution in [2.75, 3.05) is 6.54 Å². The van der Waals surface area contributed by atoms with Crippen molar-refractivity contribution in [1.82, 2.24) is 14.5 Å². The first-order valence-electron chi connectivity index (χ1n) is 6.74. The van der Waals surface area contributed by atoms with Crippen LogP contribution >= 0.6 is 15.9 Å². The van der Waals surface area contributed by atoms with E-state index in [4.69, 9.17) is 0 Å². The smallest absolute Gasteiger partial charge is 0.271 e. The zero-order chi connectivity index (χ0) is 17.0. The van der Waals surface area contributed by atoms with E-state index in [1.165, 1.54) is 24.3 Å². The van der Waals surface area contributed by atoms with Crippen molar-refractivity contribution in [2.24, 2.45) is 0 Å². The number of aromatic nitrogens is 2. The summed E-state index contributed by atoms with van der Waals surface area (Å²) < 4.78 is 29.3. The monoisotopic (exact) mass is 402 g/mol. The Hall–Kier alpha value is -1.78. The molecule has 0 saturated heterocycles. The van der Waals surface area contributed by atoms with E-state index in [9.17, 15) is 18.5 Å². The molecule has 2 aromatic rings. The van der Waals surface area contributed by atoms with E-state index in [0.29, 0.717) is 13.0 Å². The molecular weight excluding hydrogens is 388 g/mol. The van der Waals surface area contributed by atoms with Crippen molar-refractivity contribution in [1.29, 1.82) is 0 Å². The minimum Gasteiger partial charge on any atom is -0.271 e. The zero-order valence-corrected chi connectivity index (χ0v) is 14.7. The molecule has 0 aliphatic rings. The number of rotatable bonds is 7. The average Bonchev–Trinajstić information content (AvgIpc) is 2.82. The van der Waals surface area contributed by atoms with Gasteiger partial charge in [0.1, 0.15) is 0 Å². The summed E-state index contributed by atoms with van der Waals surface area (Å²) >= 11 is 3.35. The highest BCUT2D eigenvalue weighted by atomic mass is 79.9. The first-order chi connectivity index (χ1) is 10.8. The molecule has 0 unspecified atom stereocenters. The topological polar surface area (TPSA) is 107 Å². The average molecular weight is 403 g/mol. The predicted molar refractivity (Wildman–Crippen MR) is 87.6 cm³/mol. The van der Waals surface area contributed by atoms with Gasteiger partial charge in [-0.05, 0) is 35.3 Å². The predicted octanol–water partition coefficient (Wildman–Crippen LogP) is 2.23. The first-order valence-corrected chi connectivity index (χ1v) is 9.01. The minimum atomic E-state index is -3.92. The number of sulfonamides is 1. The van der Waals surface area contributed by atoms with Crippen LogP contribution in [0.3, 0.4) is 0 Å². The Morgan fingerprint density at radius 3 is 2.70 bits per heavy atom. The molecule has 1 N–H and O–H groups in total. The summed E-state index contributed by atoms with van der Waals surface area (Å²) in [5.41, 5.74) is 0.414. The van der Waals surface area contributed by atoms with Crippen molar-refractivity contribution in [2.45, 2.75) is 24.8 Å². The van der Waals surface area contributed by atoms with E-state index in [-0.39, 0.29) is 11.4 Å². The summed E-state index contributed by atoms with van der Waals surface area (Å²) in [6, 6.07) is 5.26. The fraction of sp³-hybridized carbons (Fsp3) is 0.308. The Morgan fingerprint density at radius 2 is 2.09 bits per heavy atom. The van der Waals surface area contributed by atoms with Gasteiger partial charge in [-0.1, -0.05) is 12.1 Å². The van der Waals surface area contributed by atoms with Crippen molar-refractivity contribution in [3.63, 3.8) is 0 Å². The normalized spacial score (nSPS) is 11.6. The van der Waals surface area contributed by atoms with Crippen LogP contribution < -0.4 is 4.72 Å². The van der Waals surface area contributed by atoms with E-state index in [1.54, 1.807) is 4.68 Å². The van der Waals surface area contributed by atoms with E-state index in [0.717, 1.165) is 10.2 Å². The van der Waals surface area contributed by atoms with Crippen molar-refractivity contribution >= 4 is 31.6 Å². The Balaban J connectivity index is 1.98. The summed E-state index contributed by atoms with van der Waals surface area (Å²) in [6.45, 7) is 2.55. The van der Waals surface area contributed by atoms with Crippen LogP contribution in [0.15, 0.2) is 39.8 Å². The number of nitro groups is 1. The Morgan fingerprint density at radius 1 is 1.39 bits per heavy atom. The highest BCUT2D eigenvalue weighted by Gasteiger charge is 2.24. The molecule has 0 bridgehead atoms. The molecule has 8 nitrogen and oxygen atoms in total. The molecule has 10 heteroatoms. The number of aryl methyl sites for hydroxylation is 2. The second kappa shape index (κ2) is 7.20. The van der Waals surface area contributed by atoms with Crippen molar-refractivity contribution < 1.29 is 13.3 Å². The maximum absolute atomic E-state index is 12.2. The van der Waals surface area contributed by atoms with Gasteiger partial charge in [-0.3, -0.25) is 14.8 Å². The molecule has 1 aromatic heterocycles. The molecule has 0 radical (unpaired) electrons. The van der Waals surface area contributed by atoms with Gasteiger partial charge in [0, 0.05) is 25.4 Å². The highest BCUT2D eigenvalue weighted by Crippen LogP contribution is 2.22. The lowest BCUT2D eigenvalue weighted by Gasteiger charge is -2.07. The van der Waals surface area contributed by atoms with Crippen LogP contribution in [0.2, 0.25) is 0 Å². The second-order valence-electron chi connectivity index (χ2n) is 4.80. The molecular formula is C13H15BrN4O4S. The Labute approximate surface area is 141 Å². The largest absolute Gasteiger partial charge is 0.289 e. The molecule has 0 spiro atoms. The van der Waals surface area contributed by atoms with Crippen molar-refractivity contribution in [3.05, 3.63) is 50.7 Å². The maximum atomic E-state index is 12.2. The summed E-state index contributed by atoms with van der Waals surface area (Å²) in [4.78, 5) is 9.87. The van der Waals surface area contributed by atoms with E-state index < -0.39 is 20.6 Å². The molecule has 2 rings (SSSR count). The fourth-order valence-corrected chi connectivity index (χ4v) is 3.53. The lowest BCUT2D eigenvalue weighted by molar-refractivity contribution is -0.387. The quantitative estimate of drug-likeness (QED) is 0.434. The van der Waals surface area contributed by atoms with Gasteiger partial charge >= 0.3 is 0 Å². The third-order valence-corrected chi connectivity index (χ3v) is 5.38. The maximum Gasteiger partial charge on any atom is 0.289 e. The summed E-state index contributed by atoms with van der Waals surface area (Å²) in [6.07, 6.45) is 2.32. The molecule has 0 aliphatic heterocycles. The van der Waals surface area contributed by atoms with Crippen molar-refractivity contribution in [3.8, 4) is 0 Å².